The Balaban J connectivity index is 2.20. The summed E-state index contributed by atoms with van der Waals surface area (Å²) in [6.45, 7) is 6.30. The van der Waals surface area contributed by atoms with E-state index in [4.69, 9.17) is 4.74 Å². The number of hydrogen-bond acceptors (Lipinski definition) is 2. The predicted molar refractivity (Wildman–Crippen MR) is 68.7 cm³/mol. The van der Waals surface area contributed by atoms with Gasteiger partial charge in [-0.3, -0.25) is 4.79 Å². The molecule has 0 aliphatic heterocycles. The van der Waals surface area contributed by atoms with Gasteiger partial charge in [0.2, 0.25) is 5.91 Å². The molecule has 0 bridgehead atoms. The molecule has 1 amide bonds. The zero-order chi connectivity index (χ0) is 12.0. The summed E-state index contributed by atoms with van der Waals surface area (Å²) in [5.74, 6) is 0.383. The van der Waals surface area contributed by atoms with Crippen LogP contribution < -0.4 is 5.32 Å². The van der Waals surface area contributed by atoms with Crippen molar-refractivity contribution in [1.29, 1.82) is 0 Å². The fraction of sp³-hybridized carbons (Fsp3) is 0.917. The zero-order valence-electron chi connectivity index (χ0n) is 10.2. The van der Waals surface area contributed by atoms with E-state index in [9.17, 15) is 4.79 Å². The Morgan fingerprint density at radius 3 is 2.81 bits per heavy atom. The van der Waals surface area contributed by atoms with Gasteiger partial charge in [0.15, 0.2) is 0 Å². The fourth-order valence-electron chi connectivity index (χ4n) is 2.34. The summed E-state index contributed by atoms with van der Waals surface area (Å²) in [5.41, 5.74) is 0.167. The van der Waals surface area contributed by atoms with Crippen LogP contribution in [0.5, 0.6) is 0 Å². The van der Waals surface area contributed by atoms with E-state index in [0.717, 1.165) is 18.2 Å². The summed E-state index contributed by atoms with van der Waals surface area (Å²) in [4.78, 5) is 11.9. The Morgan fingerprint density at radius 1 is 1.50 bits per heavy atom. The molecule has 0 aromatic heterocycles. The number of carbonyl (C=O) groups is 1. The molecule has 3 nitrogen and oxygen atoms in total. The maximum atomic E-state index is 11.9. The van der Waals surface area contributed by atoms with Crippen LogP contribution in [0, 0.1) is 11.3 Å². The van der Waals surface area contributed by atoms with Gasteiger partial charge in [0.25, 0.3) is 0 Å². The summed E-state index contributed by atoms with van der Waals surface area (Å²) in [6.07, 6.45) is 3.36. The molecule has 0 heterocycles. The third kappa shape index (κ3) is 4.06. The van der Waals surface area contributed by atoms with E-state index in [1.165, 1.54) is 6.42 Å². The molecule has 16 heavy (non-hydrogen) atoms. The van der Waals surface area contributed by atoms with Crippen LogP contribution in [0.15, 0.2) is 0 Å². The number of nitrogens with one attached hydrogen (secondary N) is 1. The van der Waals surface area contributed by atoms with Crippen LogP contribution in [0.4, 0.5) is 0 Å². The van der Waals surface area contributed by atoms with E-state index in [2.05, 4.69) is 35.1 Å². The van der Waals surface area contributed by atoms with Crippen LogP contribution >= 0.6 is 15.9 Å². The maximum absolute atomic E-state index is 11.9. The molecular weight excluding hydrogens is 270 g/mol. The average Bonchev–Trinajstić information content (AvgIpc) is 2.57. The van der Waals surface area contributed by atoms with Gasteiger partial charge in [0, 0.05) is 17.8 Å². The van der Waals surface area contributed by atoms with Gasteiger partial charge in [-0.2, -0.15) is 0 Å². The number of alkyl halides is 1. The minimum absolute atomic E-state index is 0.167. The third-order valence-corrected chi connectivity index (χ3v) is 3.66. The van der Waals surface area contributed by atoms with Gasteiger partial charge < -0.3 is 10.1 Å². The first kappa shape index (κ1) is 14.0. The first-order valence-electron chi connectivity index (χ1n) is 5.99. The Bertz CT molecular complexity index is 231. The van der Waals surface area contributed by atoms with E-state index in [-0.39, 0.29) is 17.2 Å². The maximum Gasteiger partial charge on any atom is 0.223 e. The van der Waals surface area contributed by atoms with Crippen molar-refractivity contribution in [3.05, 3.63) is 0 Å². The van der Waals surface area contributed by atoms with Gasteiger partial charge in [-0.05, 0) is 18.3 Å². The highest BCUT2D eigenvalue weighted by Crippen LogP contribution is 2.42. The molecule has 94 valence electrons. The van der Waals surface area contributed by atoms with Crippen molar-refractivity contribution >= 4 is 21.8 Å². The molecule has 1 rings (SSSR count). The Labute approximate surface area is 106 Å². The first-order chi connectivity index (χ1) is 7.58. The molecular formula is C12H22BrNO2. The highest BCUT2D eigenvalue weighted by atomic mass is 79.9. The molecule has 1 atom stereocenters. The van der Waals surface area contributed by atoms with Crippen molar-refractivity contribution in [1.82, 2.24) is 5.32 Å². The third-order valence-electron chi connectivity index (χ3n) is 3.34. The fourth-order valence-corrected chi connectivity index (χ4v) is 2.57. The molecule has 0 aromatic carbocycles. The van der Waals surface area contributed by atoms with E-state index in [1.807, 2.05) is 0 Å². The largest absolute Gasteiger partial charge is 0.379 e. The lowest BCUT2D eigenvalue weighted by atomic mass is 9.81. The van der Waals surface area contributed by atoms with Crippen LogP contribution in [-0.2, 0) is 9.53 Å². The molecule has 1 saturated carbocycles. The molecule has 4 heteroatoms. The van der Waals surface area contributed by atoms with E-state index < -0.39 is 0 Å². The lowest BCUT2D eigenvalue weighted by Crippen LogP contribution is -2.37. The lowest BCUT2D eigenvalue weighted by molar-refractivity contribution is -0.127. The highest BCUT2D eigenvalue weighted by Gasteiger charge is 2.38. The summed E-state index contributed by atoms with van der Waals surface area (Å²) in [6, 6.07) is 0. The molecule has 1 N–H and O–H groups in total. The Morgan fingerprint density at radius 2 is 2.25 bits per heavy atom. The molecule has 1 aliphatic rings. The number of carbonyl (C=O) groups excluding carboxylic acids is 1. The van der Waals surface area contributed by atoms with Crippen LogP contribution in [-0.4, -0.2) is 31.0 Å². The smallest absolute Gasteiger partial charge is 0.223 e. The summed E-state index contributed by atoms with van der Waals surface area (Å²) in [7, 11) is 0. The lowest BCUT2D eigenvalue weighted by Gasteiger charge is -2.25. The normalized spacial score (nSPS) is 23.3. The molecule has 1 fully saturated rings. The number of hydrogen-bond donors (Lipinski definition) is 1. The van der Waals surface area contributed by atoms with Gasteiger partial charge >= 0.3 is 0 Å². The monoisotopic (exact) mass is 291 g/mol. The molecule has 0 aromatic rings. The van der Waals surface area contributed by atoms with Crippen molar-refractivity contribution < 1.29 is 9.53 Å². The minimum atomic E-state index is 0.167. The number of rotatable bonds is 6. The standard InChI is InChI=1S/C12H22BrNO2/c1-12(2)5-3-4-10(12)11(15)14-7-9-16-8-6-13/h10H,3-9H2,1-2H3,(H,14,15). The van der Waals surface area contributed by atoms with E-state index in [1.54, 1.807) is 0 Å². The SMILES string of the molecule is CC1(C)CCCC1C(=O)NCCOCCBr. The highest BCUT2D eigenvalue weighted by molar-refractivity contribution is 9.09. The summed E-state index contributed by atoms with van der Waals surface area (Å²) < 4.78 is 5.29. The van der Waals surface area contributed by atoms with Gasteiger partial charge in [-0.25, -0.2) is 0 Å². The van der Waals surface area contributed by atoms with Crippen LogP contribution in [0.1, 0.15) is 33.1 Å². The molecule has 1 aliphatic carbocycles. The van der Waals surface area contributed by atoms with Crippen LogP contribution in [0.25, 0.3) is 0 Å². The zero-order valence-corrected chi connectivity index (χ0v) is 11.8. The van der Waals surface area contributed by atoms with Crippen molar-refractivity contribution in [3.63, 3.8) is 0 Å². The molecule has 1 unspecified atom stereocenters. The quantitative estimate of drug-likeness (QED) is 0.603. The molecule has 0 saturated heterocycles. The second kappa shape index (κ2) is 6.60. The molecule has 0 spiro atoms. The van der Waals surface area contributed by atoms with Gasteiger partial charge in [-0.1, -0.05) is 36.2 Å². The van der Waals surface area contributed by atoms with E-state index >= 15 is 0 Å². The van der Waals surface area contributed by atoms with Gasteiger partial charge in [-0.15, -0.1) is 0 Å². The number of halogens is 1. The van der Waals surface area contributed by atoms with Crippen LogP contribution in [0.3, 0.4) is 0 Å². The second-order valence-corrected chi connectivity index (χ2v) is 5.82. The van der Waals surface area contributed by atoms with Crippen LogP contribution in [0.2, 0.25) is 0 Å². The Kier molecular flexibility index (Phi) is 5.76. The molecule has 0 radical (unpaired) electrons. The Hall–Kier alpha value is -0.0900. The first-order valence-corrected chi connectivity index (χ1v) is 7.11. The summed E-state index contributed by atoms with van der Waals surface area (Å²) in [5, 5.41) is 3.80. The number of amides is 1. The van der Waals surface area contributed by atoms with Crippen molar-refractivity contribution in [2.24, 2.45) is 11.3 Å². The average molecular weight is 292 g/mol. The van der Waals surface area contributed by atoms with Crippen molar-refractivity contribution in [3.8, 4) is 0 Å². The summed E-state index contributed by atoms with van der Waals surface area (Å²) >= 11 is 3.29. The predicted octanol–water partition coefficient (Wildman–Crippen LogP) is 2.34. The van der Waals surface area contributed by atoms with Crippen molar-refractivity contribution in [2.75, 3.05) is 25.1 Å². The minimum Gasteiger partial charge on any atom is -0.379 e. The van der Waals surface area contributed by atoms with Crippen molar-refractivity contribution in [2.45, 2.75) is 33.1 Å². The van der Waals surface area contributed by atoms with Gasteiger partial charge in [0.05, 0.1) is 13.2 Å². The topological polar surface area (TPSA) is 38.3 Å². The second-order valence-electron chi connectivity index (χ2n) is 5.03. The van der Waals surface area contributed by atoms with Gasteiger partial charge in [0.1, 0.15) is 0 Å². The number of ether oxygens (including phenoxy) is 1. The van der Waals surface area contributed by atoms with E-state index in [0.29, 0.717) is 19.8 Å².